The maximum Gasteiger partial charge on any atom is 0.337 e. The summed E-state index contributed by atoms with van der Waals surface area (Å²) in [6.45, 7) is 1.97. The van der Waals surface area contributed by atoms with Gasteiger partial charge in [0.05, 0.1) is 16.3 Å². The Bertz CT molecular complexity index is 521. The molecule has 0 fully saturated rings. The Kier molecular flexibility index (Phi) is 6.26. The molecule has 0 aliphatic heterocycles. The number of nitrogens with two attached hydrogens (primary N) is 1. The molecule has 1 amide bonds. The number of anilines is 1. The topological polar surface area (TPSA) is 92.4 Å². The average molecular weight is 319 g/mol. The van der Waals surface area contributed by atoms with Crippen LogP contribution in [-0.2, 0) is 4.79 Å². The number of carboxylic acid groups (broad SMARTS) is 1. The van der Waals surface area contributed by atoms with Gasteiger partial charge in [0.15, 0.2) is 0 Å². The predicted octanol–water partition coefficient (Wildman–Crippen LogP) is 3.15. The molecular formula is C13H16Cl2N2O3. The molecule has 1 rings (SSSR count). The number of benzene rings is 1. The van der Waals surface area contributed by atoms with Gasteiger partial charge in [-0.05, 0) is 18.6 Å². The van der Waals surface area contributed by atoms with E-state index < -0.39 is 5.97 Å². The summed E-state index contributed by atoms with van der Waals surface area (Å²) in [5, 5.41) is 11.9. The van der Waals surface area contributed by atoms with Gasteiger partial charge in [-0.15, -0.1) is 0 Å². The van der Waals surface area contributed by atoms with Crippen molar-refractivity contribution in [1.82, 2.24) is 0 Å². The van der Waals surface area contributed by atoms with Crippen LogP contribution in [0.4, 0.5) is 5.69 Å². The lowest BCUT2D eigenvalue weighted by Crippen LogP contribution is -2.27. The van der Waals surface area contributed by atoms with Crippen molar-refractivity contribution in [2.45, 2.75) is 32.2 Å². The molecule has 0 spiro atoms. The van der Waals surface area contributed by atoms with Crippen LogP contribution in [0.5, 0.6) is 0 Å². The first-order valence-electron chi connectivity index (χ1n) is 6.13. The van der Waals surface area contributed by atoms with Crippen molar-refractivity contribution in [2.75, 3.05) is 5.32 Å². The third-order valence-electron chi connectivity index (χ3n) is 2.66. The Balaban J connectivity index is 2.91. The summed E-state index contributed by atoms with van der Waals surface area (Å²) in [5.41, 5.74) is 5.65. The van der Waals surface area contributed by atoms with Gasteiger partial charge in [0, 0.05) is 17.5 Å². The number of aromatic carboxylic acids is 1. The second-order valence-corrected chi connectivity index (χ2v) is 5.26. The summed E-state index contributed by atoms with van der Waals surface area (Å²) in [6.07, 6.45) is 1.69. The Labute approximate surface area is 127 Å². The van der Waals surface area contributed by atoms with Crippen LogP contribution in [0.1, 0.15) is 36.5 Å². The zero-order valence-electron chi connectivity index (χ0n) is 11.0. The van der Waals surface area contributed by atoms with E-state index in [-0.39, 0.29) is 39.7 Å². The minimum absolute atomic E-state index is 0.0391. The van der Waals surface area contributed by atoms with Crippen molar-refractivity contribution in [3.05, 3.63) is 27.7 Å². The van der Waals surface area contributed by atoms with E-state index in [0.717, 1.165) is 6.42 Å². The Hall–Kier alpha value is -1.30. The van der Waals surface area contributed by atoms with Crippen molar-refractivity contribution in [1.29, 1.82) is 0 Å². The summed E-state index contributed by atoms with van der Waals surface area (Å²) in [7, 11) is 0. The molecule has 1 atom stereocenters. The quantitative estimate of drug-likeness (QED) is 0.751. The van der Waals surface area contributed by atoms with Crippen LogP contribution in [-0.4, -0.2) is 23.0 Å². The predicted molar refractivity (Wildman–Crippen MR) is 79.6 cm³/mol. The minimum Gasteiger partial charge on any atom is -0.478 e. The standard InChI is InChI=1S/C13H16Cl2N2O3/c1-2-3-8(16)6-11(18)17-12-9(13(19)20)4-7(14)5-10(12)15/h4-5,8H,2-3,6,16H2,1H3,(H,17,18)(H,19,20). The van der Waals surface area contributed by atoms with E-state index >= 15 is 0 Å². The molecule has 0 aliphatic carbocycles. The number of nitrogens with one attached hydrogen (secondary N) is 1. The smallest absolute Gasteiger partial charge is 0.337 e. The highest BCUT2D eigenvalue weighted by atomic mass is 35.5. The molecule has 0 saturated heterocycles. The fourth-order valence-corrected chi connectivity index (χ4v) is 2.31. The molecule has 1 aromatic carbocycles. The summed E-state index contributed by atoms with van der Waals surface area (Å²) in [5.74, 6) is -1.60. The lowest BCUT2D eigenvalue weighted by molar-refractivity contribution is -0.116. The van der Waals surface area contributed by atoms with Gasteiger partial charge in [0.2, 0.25) is 5.91 Å². The van der Waals surface area contributed by atoms with Gasteiger partial charge in [-0.1, -0.05) is 36.5 Å². The van der Waals surface area contributed by atoms with E-state index in [9.17, 15) is 9.59 Å². The van der Waals surface area contributed by atoms with Gasteiger partial charge in [-0.25, -0.2) is 4.79 Å². The summed E-state index contributed by atoms with van der Waals surface area (Å²) < 4.78 is 0. The molecule has 1 unspecified atom stereocenters. The van der Waals surface area contributed by atoms with Crippen LogP contribution in [0.15, 0.2) is 12.1 Å². The number of rotatable bonds is 6. The number of amides is 1. The molecule has 1 aromatic rings. The first-order valence-corrected chi connectivity index (χ1v) is 6.88. The van der Waals surface area contributed by atoms with Crippen molar-refractivity contribution in [3.63, 3.8) is 0 Å². The number of carboxylic acids is 1. The average Bonchev–Trinajstić information content (AvgIpc) is 2.32. The first-order chi connectivity index (χ1) is 9.35. The van der Waals surface area contributed by atoms with Gasteiger partial charge in [-0.2, -0.15) is 0 Å². The number of halogens is 2. The second kappa shape index (κ2) is 7.47. The molecule has 110 valence electrons. The third kappa shape index (κ3) is 4.67. The molecule has 4 N–H and O–H groups in total. The lowest BCUT2D eigenvalue weighted by atomic mass is 10.1. The number of hydrogen-bond donors (Lipinski definition) is 3. The third-order valence-corrected chi connectivity index (χ3v) is 3.17. The molecule has 0 heterocycles. The van der Waals surface area contributed by atoms with E-state index in [1.165, 1.54) is 12.1 Å². The van der Waals surface area contributed by atoms with Crippen LogP contribution < -0.4 is 11.1 Å². The Morgan fingerprint density at radius 2 is 2.05 bits per heavy atom. The minimum atomic E-state index is -1.22. The van der Waals surface area contributed by atoms with Crippen LogP contribution in [0.3, 0.4) is 0 Å². The molecule has 0 bridgehead atoms. The van der Waals surface area contributed by atoms with Crippen molar-refractivity contribution in [2.24, 2.45) is 5.73 Å². The molecule has 0 saturated carbocycles. The van der Waals surface area contributed by atoms with E-state index in [1.54, 1.807) is 0 Å². The largest absolute Gasteiger partial charge is 0.478 e. The van der Waals surface area contributed by atoms with Gasteiger partial charge < -0.3 is 16.2 Å². The number of hydrogen-bond acceptors (Lipinski definition) is 3. The van der Waals surface area contributed by atoms with E-state index in [4.69, 9.17) is 34.0 Å². The summed E-state index contributed by atoms with van der Waals surface area (Å²) in [4.78, 5) is 23.0. The highest BCUT2D eigenvalue weighted by Gasteiger charge is 2.18. The molecular weight excluding hydrogens is 303 g/mol. The van der Waals surface area contributed by atoms with Gasteiger partial charge in [0.1, 0.15) is 0 Å². The van der Waals surface area contributed by atoms with Gasteiger partial charge >= 0.3 is 5.97 Å². The van der Waals surface area contributed by atoms with Gasteiger partial charge in [0.25, 0.3) is 0 Å². The maximum atomic E-state index is 11.8. The summed E-state index contributed by atoms with van der Waals surface area (Å²) >= 11 is 11.7. The van der Waals surface area contributed by atoms with Crippen molar-refractivity contribution in [3.8, 4) is 0 Å². The van der Waals surface area contributed by atoms with Gasteiger partial charge in [-0.3, -0.25) is 4.79 Å². The fraction of sp³-hybridized carbons (Fsp3) is 0.385. The normalized spacial score (nSPS) is 12.0. The van der Waals surface area contributed by atoms with Crippen LogP contribution >= 0.6 is 23.2 Å². The molecule has 7 heteroatoms. The fourth-order valence-electron chi connectivity index (χ4n) is 1.77. The van der Waals surface area contributed by atoms with Crippen LogP contribution in [0.25, 0.3) is 0 Å². The van der Waals surface area contributed by atoms with E-state index in [2.05, 4.69) is 5.32 Å². The molecule has 5 nitrogen and oxygen atoms in total. The van der Waals surface area contributed by atoms with Crippen LogP contribution in [0.2, 0.25) is 10.0 Å². The van der Waals surface area contributed by atoms with E-state index in [0.29, 0.717) is 6.42 Å². The monoisotopic (exact) mass is 318 g/mol. The van der Waals surface area contributed by atoms with Crippen molar-refractivity contribution >= 4 is 40.8 Å². The van der Waals surface area contributed by atoms with E-state index in [1.807, 2.05) is 6.92 Å². The Morgan fingerprint density at radius 1 is 1.40 bits per heavy atom. The number of carbonyl (C=O) groups excluding carboxylic acids is 1. The summed E-state index contributed by atoms with van der Waals surface area (Å²) in [6, 6.07) is 2.34. The zero-order chi connectivity index (χ0) is 15.3. The zero-order valence-corrected chi connectivity index (χ0v) is 12.5. The van der Waals surface area contributed by atoms with Crippen LogP contribution in [0, 0.1) is 0 Å². The highest BCUT2D eigenvalue weighted by Crippen LogP contribution is 2.30. The molecule has 0 radical (unpaired) electrons. The maximum absolute atomic E-state index is 11.8. The number of carbonyl (C=O) groups is 2. The lowest BCUT2D eigenvalue weighted by Gasteiger charge is -2.13. The molecule has 0 aromatic heterocycles. The van der Waals surface area contributed by atoms with Crippen molar-refractivity contribution < 1.29 is 14.7 Å². The molecule has 20 heavy (non-hydrogen) atoms. The first kappa shape index (κ1) is 16.8. The molecule has 0 aliphatic rings. The second-order valence-electron chi connectivity index (χ2n) is 4.42. The highest BCUT2D eigenvalue weighted by molar-refractivity contribution is 6.37. The Morgan fingerprint density at radius 3 is 2.60 bits per heavy atom. The SMILES string of the molecule is CCCC(N)CC(=O)Nc1c(Cl)cc(Cl)cc1C(=O)O.